The van der Waals surface area contributed by atoms with E-state index in [9.17, 15) is 4.79 Å². The Bertz CT molecular complexity index is 577. The van der Waals surface area contributed by atoms with Gasteiger partial charge < -0.3 is 14.8 Å². The molecular formula is C13H12ClNO3. The first kappa shape index (κ1) is 12.7. The SMILES string of the molecule is CC(=O)Nc1ccc(-c2ccc(CO)o2)c(Cl)c1. The van der Waals surface area contributed by atoms with Crippen LogP contribution in [-0.2, 0) is 11.4 Å². The summed E-state index contributed by atoms with van der Waals surface area (Å²) in [4.78, 5) is 10.9. The van der Waals surface area contributed by atoms with Gasteiger partial charge in [0.05, 0.1) is 5.02 Å². The smallest absolute Gasteiger partial charge is 0.221 e. The first-order valence-electron chi connectivity index (χ1n) is 5.37. The van der Waals surface area contributed by atoms with Crippen LogP contribution < -0.4 is 5.32 Å². The van der Waals surface area contributed by atoms with E-state index in [4.69, 9.17) is 21.1 Å². The Kier molecular flexibility index (Phi) is 3.69. The lowest BCUT2D eigenvalue weighted by Crippen LogP contribution is -2.05. The zero-order valence-corrected chi connectivity index (χ0v) is 10.5. The molecule has 2 rings (SSSR count). The third-order valence-corrected chi connectivity index (χ3v) is 2.69. The predicted octanol–water partition coefficient (Wildman–Crippen LogP) is 3.05. The maximum Gasteiger partial charge on any atom is 0.221 e. The lowest BCUT2D eigenvalue weighted by atomic mass is 10.1. The highest BCUT2D eigenvalue weighted by Crippen LogP contribution is 2.31. The highest BCUT2D eigenvalue weighted by molar-refractivity contribution is 6.33. The van der Waals surface area contributed by atoms with Gasteiger partial charge in [-0.1, -0.05) is 11.6 Å². The number of carbonyl (C=O) groups is 1. The Morgan fingerprint density at radius 1 is 1.39 bits per heavy atom. The number of benzene rings is 1. The lowest BCUT2D eigenvalue weighted by Gasteiger charge is -2.05. The minimum absolute atomic E-state index is 0.151. The molecule has 18 heavy (non-hydrogen) atoms. The van der Waals surface area contributed by atoms with Crippen molar-refractivity contribution in [1.82, 2.24) is 0 Å². The second kappa shape index (κ2) is 5.25. The maximum atomic E-state index is 10.9. The predicted molar refractivity (Wildman–Crippen MR) is 69.4 cm³/mol. The van der Waals surface area contributed by atoms with Crippen molar-refractivity contribution in [3.8, 4) is 11.3 Å². The van der Waals surface area contributed by atoms with Crippen LogP contribution in [0.4, 0.5) is 5.69 Å². The average molecular weight is 266 g/mol. The van der Waals surface area contributed by atoms with Crippen LogP contribution in [-0.4, -0.2) is 11.0 Å². The number of rotatable bonds is 3. The largest absolute Gasteiger partial charge is 0.459 e. The highest BCUT2D eigenvalue weighted by atomic mass is 35.5. The summed E-state index contributed by atoms with van der Waals surface area (Å²) in [5.41, 5.74) is 1.34. The number of carbonyl (C=O) groups excluding carboxylic acids is 1. The Balaban J connectivity index is 2.32. The van der Waals surface area contributed by atoms with Crippen LogP contribution in [0.1, 0.15) is 12.7 Å². The normalized spacial score (nSPS) is 10.4. The van der Waals surface area contributed by atoms with Crippen LogP contribution in [0, 0.1) is 0 Å². The molecule has 0 atom stereocenters. The molecule has 1 aromatic heterocycles. The third-order valence-electron chi connectivity index (χ3n) is 2.37. The second-order valence-corrected chi connectivity index (χ2v) is 4.21. The van der Waals surface area contributed by atoms with E-state index in [1.807, 2.05) is 0 Å². The molecule has 2 N–H and O–H groups in total. The number of aliphatic hydroxyl groups is 1. The van der Waals surface area contributed by atoms with Crippen LogP contribution in [0.2, 0.25) is 5.02 Å². The topological polar surface area (TPSA) is 62.5 Å². The van der Waals surface area contributed by atoms with Crippen molar-refractivity contribution in [2.75, 3.05) is 5.32 Å². The average Bonchev–Trinajstić information content (AvgIpc) is 2.76. The third kappa shape index (κ3) is 2.72. The summed E-state index contributed by atoms with van der Waals surface area (Å²) in [5.74, 6) is 0.907. The van der Waals surface area contributed by atoms with E-state index >= 15 is 0 Å². The van der Waals surface area contributed by atoms with E-state index in [0.29, 0.717) is 27.8 Å². The summed E-state index contributed by atoms with van der Waals surface area (Å²) in [6, 6.07) is 8.58. The molecule has 0 spiro atoms. The minimum Gasteiger partial charge on any atom is -0.459 e. The van der Waals surface area contributed by atoms with Gasteiger partial charge in [-0.2, -0.15) is 0 Å². The van der Waals surface area contributed by atoms with Crippen molar-refractivity contribution in [3.63, 3.8) is 0 Å². The minimum atomic E-state index is -0.153. The van der Waals surface area contributed by atoms with Gasteiger partial charge in [-0.25, -0.2) is 0 Å². The molecule has 0 saturated heterocycles. The number of furan rings is 1. The summed E-state index contributed by atoms with van der Waals surface area (Å²) in [5, 5.41) is 12.1. The second-order valence-electron chi connectivity index (χ2n) is 3.80. The molecule has 0 fully saturated rings. The van der Waals surface area contributed by atoms with Gasteiger partial charge in [-0.3, -0.25) is 4.79 Å². The zero-order valence-electron chi connectivity index (χ0n) is 9.74. The summed E-state index contributed by atoms with van der Waals surface area (Å²) in [6.07, 6.45) is 0. The number of hydrogen-bond donors (Lipinski definition) is 2. The molecule has 94 valence electrons. The lowest BCUT2D eigenvalue weighted by molar-refractivity contribution is -0.114. The fraction of sp³-hybridized carbons (Fsp3) is 0.154. The number of nitrogens with one attached hydrogen (secondary N) is 1. The zero-order chi connectivity index (χ0) is 13.1. The van der Waals surface area contributed by atoms with Crippen LogP contribution >= 0.6 is 11.6 Å². The molecule has 0 aliphatic carbocycles. The molecule has 2 aromatic rings. The van der Waals surface area contributed by atoms with Gasteiger partial charge in [0.25, 0.3) is 0 Å². The van der Waals surface area contributed by atoms with Crippen molar-refractivity contribution in [2.45, 2.75) is 13.5 Å². The molecule has 1 aromatic carbocycles. The fourth-order valence-corrected chi connectivity index (χ4v) is 1.88. The molecule has 0 aliphatic rings. The Hall–Kier alpha value is -1.78. The van der Waals surface area contributed by atoms with Crippen LogP contribution in [0.25, 0.3) is 11.3 Å². The molecule has 0 radical (unpaired) electrons. The van der Waals surface area contributed by atoms with Crippen molar-refractivity contribution in [1.29, 1.82) is 0 Å². The number of amides is 1. The van der Waals surface area contributed by atoms with Crippen molar-refractivity contribution in [3.05, 3.63) is 41.1 Å². The molecule has 1 heterocycles. The Morgan fingerprint density at radius 3 is 2.72 bits per heavy atom. The molecule has 0 aliphatic heterocycles. The van der Waals surface area contributed by atoms with E-state index in [1.54, 1.807) is 30.3 Å². The molecular weight excluding hydrogens is 254 g/mol. The number of halogens is 1. The molecule has 0 saturated carbocycles. The van der Waals surface area contributed by atoms with Gasteiger partial charge in [0.15, 0.2) is 0 Å². The van der Waals surface area contributed by atoms with Crippen molar-refractivity contribution < 1.29 is 14.3 Å². The highest BCUT2D eigenvalue weighted by Gasteiger charge is 2.09. The first-order chi connectivity index (χ1) is 8.60. The van der Waals surface area contributed by atoms with Gasteiger partial charge in [0.1, 0.15) is 18.1 Å². The van der Waals surface area contributed by atoms with Crippen molar-refractivity contribution in [2.24, 2.45) is 0 Å². The van der Waals surface area contributed by atoms with Gasteiger partial charge >= 0.3 is 0 Å². The fourth-order valence-electron chi connectivity index (χ4n) is 1.60. The standard InChI is InChI=1S/C13H12ClNO3/c1-8(17)15-9-2-4-11(12(14)6-9)13-5-3-10(7-16)18-13/h2-6,16H,7H2,1H3,(H,15,17). The number of aliphatic hydroxyl groups excluding tert-OH is 1. The summed E-state index contributed by atoms with van der Waals surface area (Å²) in [6.45, 7) is 1.28. The van der Waals surface area contributed by atoms with E-state index < -0.39 is 0 Å². The molecule has 0 unspecified atom stereocenters. The van der Waals surface area contributed by atoms with Gasteiger partial charge in [0.2, 0.25) is 5.91 Å². The van der Waals surface area contributed by atoms with E-state index in [1.165, 1.54) is 6.92 Å². The Labute approximate surface area is 109 Å². The van der Waals surface area contributed by atoms with Crippen LogP contribution in [0.3, 0.4) is 0 Å². The van der Waals surface area contributed by atoms with Gasteiger partial charge in [-0.05, 0) is 30.3 Å². The van der Waals surface area contributed by atoms with Crippen molar-refractivity contribution >= 4 is 23.2 Å². The maximum absolute atomic E-state index is 10.9. The molecule has 4 nitrogen and oxygen atoms in total. The van der Waals surface area contributed by atoms with Gasteiger partial charge in [-0.15, -0.1) is 0 Å². The monoisotopic (exact) mass is 265 g/mol. The van der Waals surface area contributed by atoms with Crippen LogP contribution in [0.5, 0.6) is 0 Å². The van der Waals surface area contributed by atoms with Gasteiger partial charge in [0, 0.05) is 18.2 Å². The number of anilines is 1. The van der Waals surface area contributed by atoms with E-state index in [-0.39, 0.29) is 12.5 Å². The molecule has 0 bridgehead atoms. The van der Waals surface area contributed by atoms with Crippen LogP contribution in [0.15, 0.2) is 34.7 Å². The summed E-state index contributed by atoms with van der Waals surface area (Å²) < 4.78 is 5.40. The first-order valence-corrected chi connectivity index (χ1v) is 5.75. The molecule has 1 amide bonds. The number of hydrogen-bond acceptors (Lipinski definition) is 3. The quantitative estimate of drug-likeness (QED) is 0.897. The van der Waals surface area contributed by atoms with E-state index in [2.05, 4.69) is 5.32 Å². The summed E-state index contributed by atoms with van der Waals surface area (Å²) in [7, 11) is 0. The van der Waals surface area contributed by atoms with E-state index in [0.717, 1.165) is 0 Å². The molecule has 5 heteroatoms. The Morgan fingerprint density at radius 2 is 2.17 bits per heavy atom. The summed E-state index contributed by atoms with van der Waals surface area (Å²) >= 11 is 6.13.